The van der Waals surface area contributed by atoms with Crippen molar-refractivity contribution in [2.24, 2.45) is 4.99 Å². The zero-order valence-electron chi connectivity index (χ0n) is 12.0. The fraction of sp³-hybridized carbons (Fsp3) is 0.250. The van der Waals surface area contributed by atoms with Crippen LogP contribution in [0, 0.1) is 0 Å². The van der Waals surface area contributed by atoms with Crippen LogP contribution in [0.25, 0.3) is 0 Å². The second kappa shape index (κ2) is 6.26. The van der Waals surface area contributed by atoms with Gasteiger partial charge in [-0.2, -0.15) is 0 Å². The SMILES string of the molecule is COc1cccc(Nc2ncccc2C2=NCCCN2)c1. The van der Waals surface area contributed by atoms with Gasteiger partial charge in [-0.3, -0.25) is 4.99 Å². The molecule has 0 fully saturated rings. The van der Waals surface area contributed by atoms with Crippen LogP contribution in [-0.2, 0) is 0 Å². The number of hydrogen-bond acceptors (Lipinski definition) is 5. The molecule has 0 unspecified atom stereocenters. The number of benzene rings is 1. The standard InChI is InChI=1S/C16H18N4O/c1-21-13-6-2-5-12(11-13)20-16-14(7-3-8-19-16)15-17-9-4-10-18-15/h2-3,5-8,11H,4,9-10H2,1H3,(H,17,18)(H,19,20). The van der Waals surface area contributed by atoms with Crippen LogP contribution in [0.5, 0.6) is 5.75 Å². The van der Waals surface area contributed by atoms with Gasteiger partial charge in [-0.05, 0) is 30.7 Å². The molecular weight excluding hydrogens is 264 g/mol. The molecule has 21 heavy (non-hydrogen) atoms. The molecule has 1 aromatic carbocycles. The van der Waals surface area contributed by atoms with Crippen molar-refractivity contribution in [2.75, 3.05) is 25.5 Å². The molecule has 1 aliphatic heterocycles. The van der Waals surface area contributed by atoms with Crippen LogP contribution in [0.15, 0.2) is 47.6 Å². The number of anilines is 2. The summed E-state index contributed by atoms with van der Waals surface area (Å²) in [5.41, 5.74) is 1.92. The normalized spacial score (nSPS) is 14.0. The van der Waals surface area contributed by atoms with E-state index in [0.717, 1.165) is 48.2 Å². The lowest BCUT2D eigenvalue weighted by Crippen LogP contribution is -2.30. The monoisotopic (exact) mass is 282 g/mol. The maximum atomic E-state index is 5.24. The zero-order valence-corrected chi connectivity index (χ0v) is 12.0. The van der Waals surface area contributed by atoms with Crippen molar-refractivity contribution >= 4 is 17.3 Å². The average molecular weight is 282 g/mol. The number of hydrogen-bond donors (Lipinski definition) is 2. The summed E-state index contributed by atoms with van der Waals surface area (Å²) in [6, 6.07) is 11.7. The first-order valence-electron chi connectivity index (χ1n) is 7.01. The topological polar surface area (TPSA) is 58.5 Å². The Morgan fingerprint density at radius 3 is 3.00 bits per heavy atom. The summed E-state index contributed by atoms with van der Waals surface area (Å²) in [7, 11) is 1.66. The average Bonchev–Trinajstić information content (AvgIpc) is 2.56. The first kappa shape index (κ1) is 13.4. The summed E-state index contributed by atoms with van der Waals surface area (Å²) in [5.74, 6) is 2.50. The van der Waals surface area contributed by atoms with Gasteiger partial charge in [-0.25, -0.2) is 4.98 Å². The molecule has 3 rings (SSSR count). The highest BCUT2D eigenvalue weighted by Crippen LogP contribution is 2.22. The zero-order chi connectivity index (χ0) is 14.5. The number of amidine groups is 1. The molecule has 0 atom stereocenters. The van der Waals surface area contributed by atoms with Crippen LogP contribution >= 0.6 is 0 Å². The molecule has 1 aliphatic rings. The van der Waals surface area contributed by atoms with Crippen molar-refractivity contribution in [1.82, 2.24) is 10.3 Å². The van der Waals surface area contributed by atoms with E-state index >= 15 is 0 Å². The lowest BCUT2D eigenvalue weighted by molar-refractivity contribution is 0.415. The Morgan fingerprint density at radius 1 is 1.24 bits per heavy atom. The van der Waals surface area contributed by atoms with E-state index < -0.39 is 0 Å². The molecule has 0 amide bonds. The minimum atomic E-state index is 0.791. The van der Waals surface area contributed by atoms with Crippen molar-refractivity contribution < 1.29 is 4.74 Å². The van der Waals surface area contributed by atoms with Crippen molar-refractivity contribution in [3.05, 3.63) is 48.2 Å². The third-order valence-corrected chi connectivity index (χ3v) is 3.29. The van der Waals surface area contributed by atoms with E-state index in [1.807, 2.05) is 36.4 Å². The van der Waals surface area contributed by atoms with Gasteiger partial charge in [0.25, 0.3) is 0 Å². The predicted molar refractivity (Wildman–Crippen MR) is 84.5 cm³/mol. The minimum absolute atomic E-state index is 0.791. The molecule has 0 aliphatic carbocycles. The molecule has 108 valence electrons. The van der Waals surface area contributed by atoms with Crippen LogP contribution in [-0.4, -0.2) is 31.0 Å². The highest BCUT2D eigenvalue weighted by Gasteiger charge is 2.12. The van der Waals surface area contributed by atoms with E-state index in [1.165, 1.54) is 0 Å². The Kier molecular flexibility index (Phi) is 4.00. The summed E-state index contributed by atoms with van der Waals surface area (Å²) in [6.07, 6.45) is 2.85. The van der Waals surface area contributed by atoms with Gasteiger partial charge >= 0.3 is 0 Å². The number of rotatable bonds is 4. The van der Waals surface area contributed by atoms with Gasteiger partial charge in [0.1, 0.15) is 17.4 Å². The summed E-state index contributed by atoms with van der Waals surface area (Å²) in [6.45, 7) is 1.81. The van der Waals surface area contributed by atoms with Crippen molar-refractivity contribution in [2.45, 2.75) is 6.42 Å². The van der Waals surface area contributed by atoms with Crippen LogP contribution in [0.2, 0.25) is 0 Å². The Bertz CT molecular complexity index is 654. The molecule has 2 aromatic rings. The Balaban J connectivity index is 1.90. The van der Waals surface area contributed by atoms with Gasteiger partial charge in [0, 0.05) is 31.0 Å². The molecule has 1 aromatic heterocycles. The molecule has 0 saturated carbocycles. The first-order valence-corrected chi connectivity index (χ1v) is 7.01. The number of aromatic nitrogens is 1. The number of aliphatic imine (C=N–C) groups is 1. The summed E-state index contributed by atoms with van der Waals surface area (Å²) in [5, 5.41) is 6.66. The molecule has 5 nitrogen and oxygen atoms in total. The Labute approximate surface area is 124 Å². The molecule has 0 radical (unpaired) electrons. The number of nitrogens with one attached hydrogen (secondary N) is 2. The Morgan fingerprint density at radius 2 is 2.19 bits per heavy atom. The van der Waals surface area contributed by atoms with Crippen LogP contribution in [0.4, 0.5) is 11.5 Å². The number of methoxy groups -OCH3 is 1. The van der Waals surface area contributed by atoms with Crippen LogP contribution < -0.4 is 15.4 Å². The van der Waals surface area contributed by atoms with Crippen LogP contribution in [0.1, 0.15) is 12.0 Å². The molecular formula is C16H18N4O. The van der Waals surface area contributed by atoms with Gasteiger partial charge < -0.3 is 15.4 Å². The highest BCUT2D eigenvalue weighted by atomic mass is 16.5. The minimum Gasteiger partial charge on any atom is -0.497 e. The molecule has 0 bridgehead atoms. The van der Waals surface area contributed by atoms with Crippen molar-refractivity contribution in [3.63, 3.8) is 0 Å². The van der Waals surface area contributed by atoms with E-state index in [4.69, 9.17) is 4.74 Å². The maximum absolute atomic E-state index is 5.24. The first-order chi connectivity index (χ1) is 10.4. The fourth-order valence-electron chi connectivity index (χ4n) is 2.25. The lowest BCUT2D eigenvalue weighted by Gasteiger charge is -2.17. The maximum Gasteiger partial charge on any atom is 0.141 e. The lowest BCUT2D eigenvalue weighted by atomic mass is 10.2. The summed E-state index contributed by atoms with van der Waals surface area (Å²) in [4.78, 5) is 8.97. The fourth-order valence-corrected chi connectivity index (χ4v) is 2.25. The van der Waals surface area contributed by atoms with E-state index in [0.29, 0.717) is 0 Å². The van der Waals surface area contributed by atoms with Gasteiger partial charge in [-0.15, -0.1) is 0 Å². The van der Waals surface area contributed by atoms with E-state index in [2.05, 4.69) is 20.6 Å². The van der Waals surface area contributed by atoms with Gasteiger partial charge in [-0.1, -0.05) is 6.07 Å². The van der Waals surface area contributed by atoms with Gasteiger partial charge in [0.15, 0.2) is 0 Å². The quantitative estimate of drug-likeness (QED) is 0.905. The molecule has 5 heteroatoms. The summed E-state index contributed by atoms with van der Waals surface area (Å²) >= 11 is 0. The highest BCUT2D eigenvalue weighted by molar-refractivity contribution is 6.03. The van der Waals surface area contributed by atoms with Crippen molar-refractivity contribution in [1.29, 1.82) is 0 Å². The number of pyridine rings is 1. The van der Waals surface area contributed by atoms with Gasteiger partial charge in [0.05, 0.1) is 12.7 Å². The predicted octanol–water partition coefficient (Wildman–Crippen LogP) is 2.57. The third kappa shape index (κ3) is 3.13. The largest absolute Gasteiger partial charge is 0.497 e. The molecule has 0 spiro atoms. The molecule has 2 heterocycles. The second-order valence-corrected chi connectivity index (χ2v) is 4.77. The smallest absolute Gasteiger partial charge is 0.141 e. The summed E-state index contributed by atoms with van der Waals surface area (Å²) < 4.78 is 5.24. The van der Waals surface area contributed by atoms with Gasteiger partial charge in [0.2, 0.25) is 0 Å². The number of nitrogens with zero attached hydrogens (tertiary/aromatic N) is 2. The molecule has 0 saturated heterocycles. The van der Waals surface area contributed by atoms with E-state index in [9.17, 15) is 0 Å². The van der Waals surface area contributed by atoms with E-state index in [1.54, 1.807) is 13.3 Å². The van der Waals surface area contributed by atoms with E-state index in [-0.39, 0.29) is 0 Å². The second-order valence-electron chi connectivity index (χ2n) is 4.77. The number of ether oxygens (including phenoxy) is 1. The third-order valence-electron chi connectivity index (χ3n) is 3.29. The Hall–Kier alpha value is -2.56. The van der Waals surface area contributed by atoms with Crippen molar-refractivity contribution in [3.8, 4) is 5.75 Å². The van der Waals surface area contributed by atoms with Crippen LogP contribution in [0.3, 0.4) is 0 Å². The molecule has 2 N–H and O–H groups in total.